The number of ether oxygens (including phenoxy) is 2. The number of allylic oxidation sites excluding steroid dienone is 1. The second-order valence-electron chi connectivity index (χ2n) is 7.30. The summed E-state index contributed by atoms with van der Waals surface area (Å²) in [5.74, 6) is -2.74. The molecule has 0 amide bonds. The van der Waals surface area contributed by atoms with Gasteiger partial charge in [-0.1, -0.05) is 19.9 Å². The number of hydrogen-bond acceptors (Lipinski definition) is 4. The van der Waals surface area contributed by atoms with Gasteiger partial charge in [0.2, 0.25) is 0 Å². The maximum atomic E-state index is 14.1. The van der Waals surface area contributed by atoms with Gasteiger partial charge in [-0.25, -0.2) is 13.6 Å². The first-order valence-corrected chi connectivity index (χ1v) is 8.40. The highest BCUT2D eigenvalue weighted by atomic mass is 19.1. The number of esters is 2. The SMILES string of the molecule is COC(=O)/C=C\[C@H]1[C@@H](C(=O)OCc2c(C)c(F)c(C)c(F)c2C)C1(C)C. The minimum Gasteiger partial charge on any atom is -0.466 e. The van der Waals surface area contributed by atoms with Crippen molar-refractivity contribution in [1.82, 2.24) is 0 Å². The van der Waals surface area contributed by atoms with Crippen LogP contribution in [0.15, 0.2) is 12.2 Å². The van der Waals surface area contributed by atoms with Crippen molar-refractivity contribution in [2.75, 3.05) is 7.11 Å². The van der Waals surface area contributed by atoms with Crippen molar-refractivity contribution in [3.05, 3.63) is 46.0 Å². The first-order chi connectivity index (χ1) is 12.0. The Morgan fingerprint density at radius 3 is 2.12 bits per heavy atom. The van der Waals surface area contributed by atoms with E-state index in [1.165, 1.54) is 20.1 Å². The molecule has 2 atom stereocenters. The fraction of sp³-hybridized carbons (Fsp3) is 0.500. The zero-order valence-corrected chi connectivity index (χ0v) is 15.9. The van der Waals surface area contributed by atoms with E-state index in [1.54, 1.807) is 19.9 Å². The van der Waals surface area contributed by atoms with Crippen LogP contribution in [0.1, 0.15) is 36.1 Å². The average molecular weight is 366 g/mol. The zero-order valence-electron chi connectivity index (χ0n) is 15.9. The molecule has 1 aromatic rings. The Labute approximate surface area is 152 Å². The highest BCUT2D eigenvalue weighted by Gasteiger charge is 2.61. The van der Waals surface area contributed by atoms with E-state index in [9.17, 15) is 18.4 Å². The molecule has 0 saturated heterocycles. The molecule has 1 aliphatic rings. The molecule has 2 rings (SSSR count). The van der Waals surface area contributed by atoms with Gasteiger partial charge in [0.15, 0.2) is 0 Å². The van der Waals surface area contributed by atoms with Crippen LogP contribution in [0, 0.1) is 49.7 Å². The number of carbonyl (C=O) groups is 2. The largest absolute Gasteiger partial charge is 0.466 e. The topological polar surface area (TPSA) is 52.6 Å². The van der Waals surface area contributed by atoms with Gasteiger partial charge in [-0.3, -0.25) is 4.79 Å². The van der Waals surface area contributed by atoms with Crippen molar-refractivity contribution in [2.24, 2.45) is 17.3 Å². The number of methoxy groups -OCH3 is 1. The van der Waals surface area contributed by atoms with Gasteiger partial charge in [-0.05, 0) is 43.2 Å². The van der Waals surface area contributed by atoms with Crippen LogP contribution in [-0.4, -0.2) is 19.0 Å². The van der Waals surface area contributed by atoms with Gasteiger partial charge in [0, 0.05) is 17.2 Å². The number of rotatable bonds is 5. The summed E-state index contributed by atoms with van der Waals surface area (Å²) in [6, 6.07) is 0. The number of benzene rings is 1. The highest BCUT2D eigenvalue weighted by Crippen LogP contribution is 2.59. The molecule has 0 unspecified atom stereocenters. The van der Waals surface area contributed by atoms with Crippen LogP contribution in [0.4, 0.5) is 8.78 Å². The smallest absolute Gasteiger partial charge is 0.330 e. The van der Waals surface area contributed by atoms with E-state index < -0.39 is 29.5 Å². The molecule has 0 spiro atoms. The van der Waals surface area contributed by atoms with Gasteiger partial charge in [-0.15, -0.1) is 0 Å². The molecular formula is C20H24F2O4. The van der Waals surface area contributed by atoms with Crippen LogP contribution in [0.2, 0.25) is 0 Å². The molecule has 0 radical (unpaired) electrons. The summed E-state index contributed by atoms with van der Waals surface area (Å²) in [6.07, 6.45) is 2.93. The fourth-order valence-electron chi connectivity index (χ4n) is 3.39. The zero-order chi connectivity index (χ0) is 19.8. The third-order valence-electron chi connectivity index (χ3n) is 5.39. The van der Waals surface area contributed by atoms with Crippen molar-refractivity contribution in [1.29, 1.82) is 0 Å². The highest BCUT2D eigenvalue weighted by molar-refractivity contribution is 5.83. The van der Waals surface area contributed by atoms with Gasteiger partial charge in [0.05, 0.1) is 13.0 Å². The van der Waals surface area contributed by atoms with Crippen molar-refractivity contribution >= 4 is 11.9 Å². The normalized spacial score (nSPS) is 20.9. The molecular weight excluding hydrogens is 342 g/mol. The van der Waals surface area contributed by atoms with Crippen LogP contribution in [-0.2, 0) is 25.7 Å². The van der Waals surface area contributed by atoms with E-state index in [1.807, 2.05) is 13.8 Å². The molecule has 1 aromatic carbocycles. The summed E-state index contributed by atoms with van der Waals surface area (Å²) in [6.45, 7) is 8.07. The lowest BCUT2D eigenvalue weighted by Gasteiger charge is -2.15. The van der Waals surface area contributed by atoms with E-state index in [4.69, 9.17) is 4.74 Å². The van der Waals surface area contributed by atoms with Crippen LogP contribution >= 0.6 is 0 Å². The van der Waals surface area contributed by atoms with Crippen molar-refractivity contribution in [3.8, 4) is 0 Å². The monoisotopic (exact) mass is 366 g/mol. The Balaban J connectivity index is 2.11. The summed E-state index contributed by atoms with van der Waals surface area (Å²) in [5.41, 5.74) is 0.526. The second-order valence-corrected chi connectivity index (χ2v) is 7.30. The molecule has 142 valence electrons. The van der Waals surface area contributed by atoms with Gasteiger partial charge < -0.3 is 9.47 Å². The van der Waals surface area contributed by atoms with E-state index >= 15 is 0 Å². The molecule has 0 aliphatic heterocycles. The quantitative estimate of drug-likeness (QED) is 0.585. The van der Waals surface area contributed by atoms with E-state index in [0.29, 0.717) is 5.56 Å². The van der Waals surface area contributed by atoms with Crippen molar-refractivity contribution < 1.29 is 27.8 Å². The Morgan fingerprint density at radius 2 is 1.62 bits per heavy atom. The minimum atomic E-state index is -0.621. The summed E-state index contributed by atoms with van der Waals surface area (Å²) in [4.78, 5) is 23.6. The molecule has 0 heterocycles. The summed E-state index contributed by atoms with van der Waals surface area (Å²) < 4.78 is 38.1. The Kier molecular flexibility index (Phi) is 5.54. The van der Waals surface area contributed by atoms with Crippen molar-refractivity contribution in [2.45, 2.75) is 41.2 Å². The van der Waals surface area contributed by atoms with Gasteiger partial charge in [0.25, 0.3) is 0 Å². The lowest BCUT2D eigenvalue weighted by atomic mass is 9.98. The number of hydrogen-bond donors (Lipinski definition) is 0. The third kappa shape index (κ3) is 3.50. The number of carbonyl (C=O) groups excluding carboxylic acids is 2. The van der Waals surface area contributed by atoms with E-state index in [0.717, 1.165) is 0 Å². The maximum Gasteiger partial charge on any atom is 0.330 e. The van der Waals surface area contributed by atoms with E-state index in [2.05, 4.69) is 4.74 Å². The average Bonchev–Trinajstić information content (AvgIpc) is 3.16. The molecule has 6 heteroatoms. The molecule has 0 aromatic heterocycles. The van der Waals surface area contributed by atoms with E-state index in [-0.39, 0.29) is 34.6 Å². The molecule has 1 fully saturated rings. The summed E-state index contributed by atoms with van der Waals surface area (Å²) >= 11 is 0. The molecule has 1 aliphatic carbocycles. The summed E-state index contributed by atoms with van der Waals surface area (Å²) in [7, 11) is 1.28. The fourth-order valence-corrected chi connectivity index (χ4v) is 3.39. The van der Waals surface area contributed by atoms with Crippen LogP contribution in [0.5, 0.6) is 0 Å². The lowest BCUT2D eigenvalue weighted by Crippen LogP contribution is -2.13. The first kappa shape index (κ1) is 20.1. The molecule has 1 saturated carbocycles. The molecule has 4 nitrogen and oxygen atoms in total. The van der Waals surface area contributed by atoms with Gasteiger partial charge >= 0.3 is 11.9 Å². The standard InChI is InChI=1S/C20H24F2O4/c1-10-13(11(2)18(22)12(3)17(10)21)9-26-19(24)16-14(20(16,4)5)7-8-15(23)25-6/h7-8,14,16H,9H2,1-6H3/b8-7-/t14-,16-/m0/s1. The summed E-state index contributed by atoms with van der Waals surface area (Å²) in [5, 5.41) is 0. The van der Waals surface area contributed by atoms with Gasteiger partial charge in [-0.2, -0.15) is 0 Å². The maximum absolute atomic E-state index is 14.1. The van der Waals surface area contributed by atoms with Crippen LogP contribution < -0.4 is 0 Å². The Hall–Kier alpha value is -2.24. The minimum absolute atomic E-state index is 0.0357. The number of halogens is 2. The predicted octanol–water partition coefficient (Wildman–Crippen LogP) is 3.93. The first-order valence-electron chi connectivity index (χ1n) is 8.40. The second kappa shape index (κ2) is 7.17. The third-order valence-corrected chi connectivity index (χ3v) is 5.39. The Morgan fingerprint density at radius 1 is 1.08 bits per heavy atom. The predicted molar refractivity (Wildman–Crippen MR) is 92.3 cm³/mol. The lowest BCUT2D eigenvalue weighted by molar-refractivity contribution is -0.147. The molecule has 0 bridgehead atoms. The Bertz CT molecular complexity index is 752. The molecule has 0 N–H and O–H groups in total. The van der Waals surface area contributed by atoms with Gasteiger partial charge in [0.1, 0.15) is 18.2 Å². The van der Waals surface area contributed by atoms with Crippen LogP contribution in [0.25, 0.3) is 0 Å². The van der Waals surface area contributed by atoms with Crippen molar-refractivity contribution in [3.63, 3.8) is 0 Å². The molecule has 26 heavy (non-hydrogen) atoms. The van der Waals surface area contributed by atoms with Crippen LogP contribution in [0.3, 0.4) is 0 Å².